The van der Waals surface area contributed by atoms with Crippen molar-refractivity contribution in [2.45, 2.75) is 38.6 Å². The number of piperidine rings is 1. The summed E-state index contributed by atoms with van der Waals surface area (Å²) in [7, 11) is 0. The first kappa shape index (κ1) is 18.7. The van der Waals surface area contributed by atoms with Crippen molar-refractivity contribution in [3.8, 4) is 0 Å². The smallest absolute Gasteiger partial charge is 0.255 e. The fourth-order valence-electron chi connectivity index (χ4n) is 4.31. The lowest BCUT2D eigenvalue weighted by atomic mass is 9.99. The zero-order valence-corrected chi connectivity index (χ0v) is 16.6. The molecule has 0 aliphatic carbocycles. The molecule has 2 aliphatic rings. The number of amides is 1. The van der Waals surface area contributed by atoms with E-state index in [-0.39, 0.29) is 5.91 Å². The fraction of sp³-hybridized carbons (Fsp3) is 0.500. The van der Waals surface area contributed by atoms with E-state index < -0.39 is 0 Å². The van der Waals surface area contributed by atoms with Gasteiger partial charge in [-0.05, 0) is 43.9 Å². The van der Waals surface area contributed by atoms with Crippen LogP contribution in [0.1, 0.15) is 43.0 Å². The highest BCUT2D eigenvalue weighted by Crippen LogP contribution is 2.24. The van der Waals surface area contributed by atoms with Gasteiger partial charge in [-0.2, -0.15) is 0 Å². The van der Waals surface area contributed by atoms with Gasteiger partial charge in [-0.1, -0.05) is 13.0 Å². The van der Waals surface area contributed by atoms with Crippen LogP contribution >= 0.6 is 0 Å². The molecular formula is C22H29N5O. The second kappa shape index (κ2) is 8.59. The maximum atomic E-state index is 13.1. The van der Waals surface area contributed by atoms with E-state index in [4.69, 9.17) is 0 Å². The number of carbonyl (C=O) groups is 1. The first-order valence-electron chi connectivity index (χ1n) is 10.4. The summed E-state index contributed by atoms with van der Waals surface area (Å²) in [6.07, 6.45) is 9.90. The normalized spacial score (nSPS) is 20.3. The number of nitrogens with zero attached hydrogens (tertiary/aromatic N) is 5. The van der Waals surface area contributed by atoms with Crippen molar-refractivity contribution in [2.75, 3.05) is 42.5 Å². The first-order chi connectivity index (χ1) is 13.8. The van der Waals surface area contributed by atoms with E-state index in [0.29, 0.717) is 11.6 Å². The molecule has 28 heavy (non-hydrogen) atoms. The molecule has 2 fully saturated rings. The Morgan fingerprint density at radius 3 is 2.64 bits per heavy atom. The van der Waals surface area contributed by atoms with E-state index in [9.17, 15) is 4.79 Å². The molecular weight excluding hydrogens is 350 g/mol. The number of aromatic nitrogens is 2. The van der Waals surface area contributed by atoms with Crippen molar-refractivity contribution in [1.82, 2.24) is 14.9 Å². The van der Waals surface area contributed by atoms with Gasteiger partial charge in [0.1, 0.15) is 5.82 Å². The molecule has 0 N–H and O–H groups in total. The molecule has 0 saturated carbocycles. The SMILES string of the molecule is CCC1CCCCN1C(=O)c1cncc(N2CCN(c3ccccn3)CC2)c1. The van der Waals surface area contributed by atoms with Crippen LogP contribution in [0.25, 0.3) is 0 Å². The van der Waals surface area contributed by atoms with Crippen LogP contribution in [0.2, 0.25) is 0 Å². The van der Waals surface area contributed by atoms with Gasteiger partial charge in [-0.25, -0.2) is 4.98 Å². The number of likely N-dealkylation sites (tertiary alicyclic amines) is 1. The molecule has 6 heteroatoms. The molecule has 1 atom stereocenters. The van der Waals surface area contributed by atoms with Gasteiger partial charge in [0, 0.05) is 51.2 Å². The Bertz CT molecular complexity index is 789. The second-order valence-electron chi connectivity index (χ2n) is 7.65. The number of hydrogen-bond acceptors (Lipinski definition) is 5. The molecule has 1 amide bonds. The van der Waals surface area contributed by atoms with Gasteiger partial charge in [0.15, 0.2) is 0 Å². The standard InChI is InChI=1S/C22H29N5O/c1-2-19-7-4-6-10-27(19)22(28)18-15-20(17-23-16-18)25-11-13-26(14-12-25)21-8-3-5-9-24-21/h3,5,8-9,15-17,19H,2,4,6-7,10-14H2,1H3. The molecule has 148 valence electrons. The van der Waals surface area contributed by atoms with Crippen LogP contribution in [-0.2, 0) is 0 Å². The molecule has 2 saturated heterocycles. The molecule has 2 aromatic heterocycles. The van der Waals surface area contributed by atoms with Crippen molar-refractivity contribution in [3.05, 3.63) is 48.4 Å². The summed E-state index contributed by atoms with van der Waals surface area (Å²) in [5.41, 5.74) is 1.75. The van der Waals surface area contributed by atoms with Gasteiger partial charge in [0.2, 0.25) is 0 Å². The Morgan fingerprint density at radius 1 is 1.07 bits per heavy atom. The highest BCUT2D eigenvalue weighted by atomic mass is 16.2. The van der Waals surface area contributed by atoms with Crippen LogP contribution in [0.15, 0.2) is 42.9 Å². The van der Waals surface area contributed by atoms with E-state index >= 15 is 0 Å². The number of piperazine rings is 1. The van der Waals surface area contributed by atoms with Crippen molar-refractivity contribution in [3.63, 3.8) is 0 Å². The second-order valence-corrected chi connectivity index (χ2v) is 7.65. The van der Waals surface area contributed by atoms with Crippen LogP contribution in [0.5, 0.6) is 0 Å². The van der Waals surface area contributed by atoms with Crippen molar-refractivity contribution in [2.24, 2.45) is 0 Å². The number of rotatable bonds is 4. The van der Waals surface area contributed by atoms with Gasteiger partial charge >= 0.3 is 0 Å². The van der Waals surface area contributed by atoms with Gasteiger partial charge in [-0.3, -0.25) is 9.78 Å². The maximum absolute atomic E-state index is 13.1. The molecule has 2 aromatic rings. The minimum atomic E-state index is 0.132. The Labute approximate surface area is 167 Å². The molecule has 1 unspecified atom stereocenters. The Hall–Kier alpha value is -2.63. The van der Waals surface area contributed by atoms with Crippen LogP contribution in [0.4, 0.5) is 11.5 Å². The van der Waals surface area contributed by atoms with E-state index in [1.807, 2.05) is 30.6 Å². The third kappa shape index (κ3) is 3.96. The lowest BCUT2D eigenvalue weighted by Gasteiger charge is -2.37. The summed E-state index contributed by atoms with van der Waals surface area (Å²) in [6.45, 7) is 6.67. The third-order valence-corrected chi connectivity index (χ3v) is 5.95. The minimum Gasteiger partial charge on any atom is -0.367 e. The summed E-state index contributed by atoms with van der Waals surface area (Å²) in [5, 5.41) is 0. The average molecular weight is 380 g/mol. The highest BCUT2D eigenvalue weighted by Gasteiger charge is 2.27. The van der Waals surface area contributed by atoms with Crippen LogP contribution < -0.4 is 9.80 Å². The molecule has 2 aliphatic heterocycles. The molecule has 0 spiro atoms. The summed E-state index contributed by atoms with van der Waals surface area (Å²) in [5.74, 6) is 1.16. The molecule has 4 rings (SSSR count). The molecule has 4 heterocycles. The first-order valence-corrected chi connectivity index (χ1v) is 10.4. The lowest BCUT2D eigenvalue weighted by molar-refractivity contribution is 0.0607. The van der Waals surface area contributed by atoms with E-state index in [1.165, 1.54) is 6.42 Å². The number of carbonyl (C=O) groups excluding carboxylic acids is 1. The predicted octanol–water partition coefficient (Wildman–Crippen LogP) is 3.21. The topological polar surface area (TPSA) is 52.6 Å². The fourth-order valence-corrected chi connectivity index (χ4v) is 4.31. The van der Waals surface area contributed by atoms with Crippen LogP contribution in [0.3, 0.4) is 0 Å². The predicted molar refractivity (Wildman–Crippen MR) is 112 cm³/mol. The zero-order valence-electron chi connectivity index (χ0n) is 16.6. The van der Waals surface area contributed by atoms with Gasteiger partial charge < -0.3 is 14.7 Å². The van der Waals surface area contributed by atoms with Crippen LogP contribution in [0, 0.1) is 0 Å². The van der Waals surface area contributed by atoms with E-state index in [1.54, 1.807) is 6.20 Å². The molecule has 0 radical (unpaired) electrons. The van der Waals surface area contributed by atoms with Crippen molar-refractivity contribution < 1.29 is 4.79 Å². The summed E-state index contributed by atoms with van der Waals surface area (Å²) >= 11 is 0. The largest absolute Gasteiger partial charge is 0.367 e. The monoisotopic (exact) mass is 379 g/mol. The zero-order chi connectivity index (χ0) is 19.3. The highest BCUT2D eigenvalue weighted by molar-refractivity contribution is 5.95. The van der Waals surface area contributed by atoms with Gasteiger partial charge in [0.25, 0.3) is 5.91 Å². The number of pyridine rings is 2. The number of anilines is 2. The van der Waals surface area contributed by atoms with Gasteiger partial charge in [-0.15, -0.1) is 0 Å². The molecule has 6 nitrogen and oxygen atoms in total. The average Bonchev–Trinajstić information content (AvgIpc) is 2.79. The maximum Gasteiger partial charge on any atom is 0.255 e. The quantitative estimate of drug-likeness (QED) is 0.816. The lowest BCUT2D eigenvalue weighted by Crippen LogP contribution is -2.47. The molecule has 0 aromatic carbocycles. The Morgan fingerprint density at radius 2 is 1.89 bits per heavy atom. The summed E-state index contributed by atoms with van der Waals surface area (Å²) in [6, 6.07) is 8.41. The van der Waals surface area contributed by atoms with Gasteiger partial charge in [0.05, 0.1) is 17.4 Å². The summed E-state index contributed by atoms with van der Waals surface area (Å²) in [4.78, 5) is 28.6. The third-order valence-electron chi connectivity index (χ3n) is 5.95. The Balaban J connectivity index is 1.43. The minimum absolute atomic E-state index is 0.132. The summed E-state index contributed by atoms with van der Waals surface area (Å²) < 4.78 is 0. The van der Waals surface area contributed by atoms with E-state index in [2.05, 4.69) is 37.7 Å². The number of hydrogen-bond donors (Lipinski definition) is 0. The van der Waals surface area contributed by atoms with E-state index in [0.717, 1.165) is 63.5 Å². The van der Waals surface area contributed by atoms with Crippen molar-refractivity contribution >= 4 is 17.4 Å². The molecule has 0 bridgehead atoms. The Kier molecular flexibility index (Phi) is 5.74. The van der Waals surface area contributed by atoms with Crippen molar-refractivity contribution in [1.29, 1.82) is 0 Å². The van der Waals surface area contributed by atoms with Crippen LogP contribution in [-0.4, -0.2) is 59.5 Å².